The van der Waals surface area contributed by atoms with Crippen LogP contribution in [0.4, 0.5) is 4.39 Å². The largest absolute Gasteiger partial charge is 0.493 e. The van der Waals surface area contributed by atoms with Gasteiger partial charge in [-0.15, -0.1) is 12.4 Å². The first-order valence-electron chi connectivity index (χ1n) is 8.23. The molecule has 1 aliphatic heterocycles. The zero-order valence-corrected chi connectivity index (χ0v) is 16.4. The van der Waals surface area contributed by atoms with Crippen molar-refractivity contribution in [2.24, 2.45) is 0 Å². The van der Waals surface area contributed by atoms with Crippen LogP contribution in [0.3, 0.4) is 0 Å². The minimum atomic E-state index is -0.211. The fourth-order valence-electron chi connectivity index (χ4n) is 3.28. The highest BCUT2D eigenvalue weighted by Gasteiger charge is 2.25. The number of methoxy groups -OCH3 is 2. The zero-order chi connectivity index (χ0) is 17.8. The van der Waals surface area contributed by atoms with Gasteiger partial charge in [0, 0.05) is 32.2 Å². The summed E-state index contributed by atoms with van der Waals surface area (Å²) in [4.78, 5) is 2.32. The van der Waals surface area contributed by atoms with Crippen molar-refractivity contribution in [2.45, 2.75) is 12.6 Å². The van der Waals surface area contributed by atoms with Crippen LogP contribution in [0.5, 0.6) is 11.5 Å². The number of ether oxygens (including phenoxy) is 2. The Balaban J connectivity index is 0.00000243. The van der Waals surface area contributed by atoms with E-state index in [0.717, 1.165) is 30.8 Å². The normalized spacial score (nSPS) is 17.5. The van der Waals surface area contributed by atoms with Crippen LogP contribution in [-0.2, 0) is 6.54 Å². The van der Waals surface area contributed by atoms with Crippen LogP contribution >= 0.6 is 24.0 Å². The molecule has 1 N–H and O–H groups in total. The van der Waals surface area contributed by atoms with Gasteiger partial charge in [0.1, 0.15) is 5.82 Å². The molecule has 1 fully saturated rings. The van der Waals surface area contributed by atoms with E-state index in [9.17, 15) is 4.39 Å². The predicted molar refractivity (Wildman–Crippen MR) is 104 cm³/mol. The number of hydrogen-bond donors (Lipinski definition) is 1. The number of halogens is 3. The Labute approximate surface area is 164 Å². The molecule has 0 aliphatic carbocycles. The van der Waals surface area contributed by atoms with Crippen LogP contribution in [0.25, 0.3) is 0 Å². The Hall–Kier alpha value is -1.53. The Morgan fingerprint density at radius 3 is 2.73 bits per heavy atom. The van der Waals surface area contributed by atoms with E-state index in [4.69, 9.17) is 21.1 Å². The van der Waals surface area contributed by atoms with Crippen LogP contribution in [0, 0.1) is 5.82 Å². The van der Waals surface area contributed by atoms with Crippen molar-refractivity contribution in [1.82, 2.24) is 10.2 Å². The summed E-state index contributed by atoms with van der Waals surface area (Å²) in [5.74, 6) is 0.939. The topological polar surface area (TPSA) is 33.7 Å². The molecule has 0 aromatic heterocycles. The van der Waals surface area contributed by atoms with E-state index in [2.05, 4.69) is 10.2 Å². The van der Waals surface area contributed by atoms with Crippen LogP contribution in [0.15, 0.2) is 36.4 Å². The first-order valence-corrected chi connectivity index (χ1v) is 8.60. The van der Waals surface area contributed by atoms with E-state index in [0.29, 0.717) is 23.1 Å². The van der Waals surface area contributed by atoms with Crippen LogP contribution in [-0.4, -0.2) is 38.8 Å². The molecule has 1 heterocycles. The second-order valence-corrected chi connectivity index (χ2v) is 6.47. The van der Waals surface area contributed by atoms with Gasteiger partial charge in [-0.25, -0.2) is 4.39 Å². The molecule has 0 bridgehead atoms. The standard InChI is InChI=1S/C19H22ClFN2O2.ClH/c1-24-18-9-13(8-16(20)19(18)25-2)12-23-7-6-22-11-17(23)14-4-3-5-15(21)10-14;/h3-5,8-10,17,22H,6-7,11-12H2,1-2H3;1H. The molecule has 0 saturated carbocycles. The van der Waals surface area contributed by atoms with Gasteiger partial charge < -0.3 is 14.8 Å². The fourth-order valence-corrected chi connectivity index (χ4v) is 3.59. The summed E-state index contributed by atoms with van der Waals surface area (Å²) in [6, 6.07) is 10.7. The molecule has 0 spiro atoms. The summed E-state index contributed by atoms with van der Waals surface area (Å²) in [6.07, 6.45) is 0. The molecule has 1 atom stereocenters. The number of piperazine rings is 1. The molecule has 7 heteroatoms. The highest BCUT2D eigenvalue weighted by molar-refractivity contribution is 6.32. The van der Waals surface area contributed by atoms with E-state index in [-0.39, 0.29) is 24.3 Å². The van der Waals surface area contributed by atoms with Crippen molar-refractivity contribution in [2.75, 3.05) is 33.9 Å². The maximum absolute atomic E-state index is 13.6. The summed E-state index contributed by atoms with van der Waals surface area (Å²) >= 11 is 6.32. The first-order chi connectivity index (χ1) is 12.1. The smallest absolute Gasteiger partial charge is 0.179 e. The van der Waals surface area contributed by atoms with Gasteiger partial charge in [-0.1, -0.05) is 23.7 Å². The van der Waals surface area contributed by atoms with Crippen LogP contribution in [0.2, 0.25) is 5.02 Å². The molecule has 142 valence electrons. The molecule has 3 rings (SSSR count). The summed E-state index contributed by atoms with van der Waals surface area (Å²) in [5, 5.41) is 3.91. The predicted octanol–water partition coefficient (Wildman–Crippen LogP) is 4.06. The van der Waals surface area contributed by atoms with E-state index in [1.807, 2.05) is 18.2 Å². The lowest BCUT2D eigenvalue weighted by Gasteiger charge is -2.36. The molecule has 1 aliphatic rings. The second-order valence-electron chi connectivity index (χ2n) is 6.06. The molecule has 26 heavy (non-hydrogen) atoms. The summed E-state index contributed by atoms with van der Waals surface area (Å²) in [5.41, 5.74) is 2.00. The van der Waals surface area contributed by atoms with Crippen molar-refractivity contribution < 1.29 is 13.9 Å². The Bertz CT molecular complexity index is 745. The molecule has 1 saturated heterocycles. The molecule has 2 aromatic rings. The third-order valence-corrected chi connectivity index (χ3v) is 4.75. The minimum Gasteiger partial charge on any atom is -0.493 e. The minimum absolute atomic E-state index is 0. The van der Waals surface area contributed by atoms with E-state index >= 15 is 0 Å². The molecule has 0 radical (unpaired) electrons. The van der Waals surface area contributed by atoms with Gasteiger partial charge in [-0.2, -0.15) is 0 Å². The Kier molecular flexibility index (Phi) is 7.53. The van der Waals surface area contributed by atoms with Gasteiger partial charge in [-0.3, -0.25) is 4.90 Å². The van der Waals surface area contributed by atoms with Gasteiger partial charge in [0.25, 0.3) is 0 Å². The quantitative estimate of drug-likeness (QED) is 0.819. The molecular formula is C19H23Cl2FN2O2. The number of rotatable bonds is 5. The number of nitrogens with zero attached hydrogens (tertiary/aromatic N) is 1. The van der Waals surface area contributed by atoms with E-state index < -0.39 is 0 Å². The van der Waals surface area contributed by atoms with Gasteiger partial charge in [0.05, 0.1) is 19.2 Å². The maximum atomic E-state index is 13.6. The van der Waals surface area contributed by atoms with Gasteiger partial charge >= 0.3 is 0 Å². The molecule has 1 unspecified atom stereocenters. The Morgan fingerprint density at radius 2 is 2.04 bits per heavy atom. The van der Waals surface area contributed by atoms with Crippen molar-refractivity contribution in [1.29, 1.82) is 0 Å². The lowest BCUT2D eigenvalue weighted by Crippen LogP contribution is -2.45. The maximum Gasteiger partial charge on any atom is 0.179 e. The van der Waals surface area contributed by atoms with Gasteiger partial charge in [0.2, 0.25) is 0 Å². The molecular weight excluding hydrogens is 378 g/mol. The van der Waals surface area contributed by atoms with Crippen molar-refractivity contribution >= 4 is 24.0 Å². The number of benzene rings is 2. The lowest BCUT2D eigenvalue weighted by molar-refractivity contribution is 0.153. The van der Waals surface area contributed by atoms with Crippen molar-refractivity contribution in [3.8, 4) is 11.5 Å². The van der Waals surface area contributed by atoms with E-state index in [1.54, 1.807) is 26.4 Å². The van der Waals surface area contributed by atoms with E-state index in [1.165, 1.54) is 6.07 Å². The van der Waals surface area contributed by atoms with Crippen LogP contribution < -0.4 is 14.8 Å². The monoisotopic (exact) mass is 400 g/mol. The number of hydrogen-bond acceptors (Lipinski definition) is 4. The summed E-state index contributed by atoms with van der Waals surface area (Å²) in [7, 11) is 3.16. The first kappa shape index (κ1) is 20.8. The van der Waals surface area contributed by atoms with Crippen LogP contribution in [0.1, 0.15) is 17.2 Å². The highest BCUT2D eigenvalue weighted by Crippen LogP contribution is 2.37. The van der Waals surface area contributed by atoms with Gasteiger partial charge in [0.15, 0.2) is 11.5 Å². The van der Waals surface area contributed by atoms with Crippen molar-refractivity contribution in [3.05, 3.63) is 58.4 Å². The SMILES string of the molecule is COc1cc(CN2CCNCC2c2cccc(F)c2)cc(Cl)c1OC.Cl. The number of nitrogens with one attached hydrogen (secondary N) is 1. The lowest BCUT2D eigenvalue weighted by atomic mass is 10.0. The third-order valence-electron chi connectivity index (χ3n) is 4.47. The summed E-state index contributed by atoms with van der Waals surface area (Å²) < 4.78 is 24.3. The molecule has 0 amide bonds. The third kappa shape index (κ3) is 4.60. The average molecular weight is 401 g/mol. The Morgan fingerprint density at radius 1 is 1.23 bits per heavy atom. The second kappa shape index (κ2) is 9.42. The molecule has 4 nitrogen and oxygen atoms in total. The summed E-state index contributed by atoms with van der Waals surface area (Å²) in [6.45, 7) is 3.24. The highest BCUT2D eigenvalue weighted by atomic mass is 35.5. The van der Waals surface area contributed by atoms with Gasteiger partial charge in [-0.05, 0) is 35.4 Å². The van der Waals surface area contributed by atoms with Crippen molar-refractivity contribution in [3.63, 3.8) is 0 Å². The zero-order valence-electron chi connectivity index (χ0n) is 14.8. The molecule has 2 aromatic carbocycles. The fraction of sp³-hybridized carbons (Fsp3) is 0.368. The average Bonchev–Trinajstić information content (AvgIpc) is 2.61.